The number of pyridine rings is 1. The van der Waals surface area contributed by atoms with Gasteiger partial charge in [-0.25, -0.2) is 18.4 Å². The van der Waals surface area contributed by atoms with E-state index in [1.165, 1.54) is 16.4 Å². The highest BCUT2D eigenvalue weighted by Crippen LogP contribution is 2.32. The summed E-state index contributed by atoms with van der Waals surface area (Å²) < 4.78 is 30.2. The quantitative estimate of drug-likeness (QED) is 0.448. The summed E-state index contributed by atoms with van der Waals surface area (Å²) in [7, 11) is -3.80. The Morgan fingerprint density at radius 3 is 2.71 bits per heavy atom. The molecule has 2 aromatic carbocycles. The third-order valence-corrected chi connectivity index (χ3v) is 7.90. The van der Waals surface area contributed by atoms with Gasteiger partial charge in [0.2, 0.25) is 0 Å². The highest BCUT2D eigenvalue weighted by atomic mass is 32.2. The van der Waals surface area contributed by atoms with Crippen LogP contribution in [0.15, 0.2) is 84.1 Å². The first-order valence-corrected chi connectivity index (χ1v) is 12.8. The zero-order valence-corrected chi connectivity index (χ0v) is 20.1. The van der Waals surface area contributed by atoms with Gasteiger partial charge in [0.25, 0.3) is 15.9 Å². The molecule has 35 heavy (non-hydrogen) atoms. The van der Waals surface area contributed by atoms with Crippen molar-refractivity contribution >= 4 is 21.6 Å². The number of aromatic nitrogens is 3. The molecule has 0 saturated heterocycles. The Hall–Kier alpha value is -3.98. The van der Waals surface area contributed by atoms with Crippen LogP contribution in [-0.4, -0.2) is 35.4 Å². The van der Waals surface area contributed by atoms with Gasteiger partial charge in [-0.3, -0.25) is 13.7 Å². The number of hydrogen-bond donors (Lipinski definition) is 1. The van der Waals surface area contributed by atoms with E-state index >= 15 is 0 Å². The van der Waals surface area contributed by atoms with Crippen LogP contribution in [0.2, 0.25) is 0 Å². The summed E-state index contributed by atoms with van der Waals surface area (Å²) in [6, 6.07) is 17.4. The Balaban J connectivity index is 1.33. The molecule has 178 valence electrons. The van der Waals surface area contributed by atoms with Gasteiger partial charge in [0.15, 0.2) is 0 Å². The minimum atomic E-state index is -3.80. The van der Waals surface area contributed by atoms with Crippen LogP contribution >= 0.6 is 0 Å². The fourth-order valence-electron chi connectivity index (χ4n) is 4.28. The summed E-state index contributed by atoms with van der Waals surface area (Å²) in [6.07, 6.45) is 6.81. The molecule has 0 aliphatic carbocycles. The SMILES string of the molecule is Cc1nccn1-c1cc(CNC(=O)c2cccc(S(=O)(=O)N3CCCc4ccccc43)c2)ccn1. The molecule has 8 nitrogen and oxygen atoms in total. The molecule has 9 heteroatoms. The van der Waals surface area contributed by atoms with Gasteiger partial charge in [-0.05, 0) is 67.3 Å². The summed E-state index contributed by atoms with van der Waals surface area (Å²) in [5.74, 6) is 1.17. The van der Waals surface area contributed by atoms with Crippen molar-refractivity contribution in [2.75, 3.05) is 10.8 Å². The molecule has 0 unspecified atom stereocenters. The summed E-state index contributed by atoms with van der Waals surface area (Å²) in [5, 5.41) is 2.88. The minimum Gasteiger partial charge on any atom is -0.348 e. The first kappa shape index (κ1) is 22.8. The standard InChI is InChI=1S/C26H25N5O3S/c1-19-27-13-15-30(19)25-16-20(11-12-28-25)18-29-26(32)22-7-4-9-23(17-22)35(33,34)31-14-5-8-21-6-2-3-10-24(21)31/h2-4,6-7,9-13,15-17H,5,8,14,18H2,1H3,(H,29,32). The zero-order chi connectivity index (χ0) is 24.4. The molecule has 4 aromatic rings. The zero-order valence-electron chi connectivity index (χ0n) is 19.3. The lowest BCUT2D eigenvalue weighted by molar-refractivity contribution is 0.0950. The molecule has 1 N–H and O–H groups in total. The van der Waals surface area contributed by atoms with E-state index in [-0.39, 0.29) is 22.9 Å². The number of rotatable bonds is 6. The van der Waals surface area contributed by atoms with Gasteiger partial charge in [0, 0.05) is 37.2 Å². The second kappa shape index (κ2) is 9.34. The fraction of sp³-hybridized carbons (Fsp3) is 0.192. The molecule has 0 bridgehead atoms. The van der Waals surface area contributed by atoms with Crippen LogP contribution in [0.1, 0.15) is 33.7 Å². The van der Waals surface area contributed by atoms with E-state index in [0.717, 1.165) is 29.8 Å². The lowest BCUT2D eigenvalue weighted by atomic mass is 10.0. The number of hydrogen-bond acceptors (Lipinski definition) is 5. The Morgan fingerprint density at radius 1 is 1.03 bits per heavy atom. The number of anilines is 1. The second-order valence-electron chi connectivity index (χ2n) is 8.39. The Kier molecular flexibility index (Phi) is 6.08. The van der Waals surface area contributed by atoms with Crippen molar-refractivity contribution in [1.29, 1.82) is 0 Å². The van der Waals surface area contributed by atoms with Crippen LogP contribution in [-0.2, 0) is 23.0 Å². The van der Waals surface area contributed by atoms with Crippen molar-refractivity contribution in [2.24, 2.45) is 0 Å². The van der Waals surface area contributed by atoms with Crippen molar-refractivity contribution < 1.29 is 13.2 Å². The third kappa shape index (κ3) is 4.54. The van der Waals surface area contributed by atoms with E-state index in [4.69, 9.17) is 0 Å². The molecular formula is C26H25N5O3S. The van der Waals surface area contributed by atoms with Crippen LogP contribution < -0.4 is 9.62 Å². The van der Waals surface area contributed by atoms with E-state index in [2.05, 4.69) is 15.3 Å². The molecule has 0 fully saturated rings. The van der Waals surface area contributed by atoms with Crippen molar-refractivity contribution in [3.05, 3.63) is 102 Å². The lowest BCUT2D eigenvalue weighted by Gasteiger charge is -2.30. The van der Waals surface area contributed by atoms with E-state index < -0.39 is 10.0 Å². The highest BCUT2D eigenvalue weighted by Gasteiger charge is 2.29. The molecule has 0 saturated carbocycles. The Morgan fingerprint density at radius 2 is 1.89 bits per heavy atom. The van der Waals surface area contributed by atoms with Gasteiger partial charge in [-0.1, -0.05) is 24.3 Å². The fourth-order valence-corrected chi connectivity index (χ4v) is 5.87. The van der Waals surface area contributed by atoms with Crippen molar-refractivity contribution in [3.63, 3.8) is 0 Å². The van der Waals surface area contributed by atoms with Crippen LogP contribution in [0.4, 0.5) is 5.69 Å². The number of amides is 1. The summed E-state index contributed by atoms with van der Waals surface area (Å²) >= 11 is 0. The number of carbonyl (C=O) groups excluding carboxylic acids is 1. The Bertz CT molecular complexity index is 1500. The molecule has 0 radical (unpaired) electrons. The van der Waals surface area contributed by atoms with Gasteiger partial charge >= 0.3 is 0 Å². The van der Waals surface area contributed by atoms with Gasteiger partial charge in [0.05, 0.1) is 10.6 Å². The van der Waals surface area contributed by atoms with E-state index in [1.807, 2.05) is 54.1 Å². The van der Waals surface area contributed by atoms with E-state index in [0.29, 0.717) is 18.1 Å². The summed E-state index contributed by atoms with van der Waals surface area (Å²) in [5.41, 5.74) is 2.87. The monoisotopic (exact) mass is 487 g/mol. The average Bonchev–Trinajstić information content (AvgIpc) is 3.33. The van der Waals surface area contributed by atoms with Crippen molar-refractivity contribution in [3.8, 4) is 5.82 Å². The molecule has 1 aliphatic rings. The number of sulfonamides is 1. The Labute approximate surface area is 204 Å². The number of nitrogens with zero attached hydrogens (tertiary/aromatic N) is 4. The predicted octanol–water partition coefficient (Wildman–Crippen LogP) is 3.65. The largest absolute Gasteiger partial charge is 0.348 e. The third-order valence-electron chi connectivity index (χ3n) is 6.09. The maximum Gasteiger partial charge on any atom is 0.264 e. The number of para-hydroxylation sites is 1. The molecule has 2 aromatic heterocycles. The lowest BCUT2D eigenvalue weighted by Crippen LogP contribution is -2.35. The minimum absolute atomic E-state index is 0.101. The maximum absolute atomic E-state index is 13.5. The van der Waals surface area contributed by atoms with Crippen molar-refractivity contribution in [1.82, 2.24) is 19.9 Å². The summed E-state index contributed by atoms with van der Waals surface area (Å²) in [6.45, 7) is 2.58. The molecule has 3 heterocycles. The molecule has 0 spiro atoms. The number of carbonyl (C=O) groups is 1. The van der Waals surface area contributed by atoms with Crippen LogP contribution in [0.5, 0.6) is 0 Å². The molecule has 5 rings (SSSR count). The predicted molar refractivity (Wildman–Crippen MR) is 133 cm³/mol. The maximum atomic E-state index is 13.5. The van der Waals surface area contributed by atoms with Gasteiger partial charge in [-0.2, -0.15) is 0 Å². The second-order valence-corrected chi connectivity index (χ2v) is 10.2. The first-order valence-electron chi connectivity index (χ1n) is 11.4. The number of nitrogens with one attached hydrogen (secondary N) is 1. The number of fused-ring (bicyclic) bond motifs is 1. The van der Waals surface area contributed by atoms with Crippen molar-refractivity contribution in [2.45, 2.75) is 31.2 Å². The first-order chi connectivity index (χ1) is 16.9. The smallest absolute Gasteiger partial charge is 0.264 e. The molecular weight excluding hydrogens is 462 g/mol. The van der Waals surface area contributed by atoms with Gasteiger partial charge in [0.1, 0.15) is 11.6 Å². The van der Waals surface area contributed by atoms with Crippen LogP contribution in [0, 0.1) is 6.92 Å². The van der Waals surface area contributed by atoms with E-state index in [1.54, 1.807) is 24.5 Å². The van der Waals surface area contributed by atoms with Gasteiger partial charge in [-0.15, -0.1) is 0 Å². The molecule has 1 amide bonds. The topological polar surface area (TPSA) is 97.2 Å². The highest BCUT2D eigenvalue weighted by molar-refractivity contribution is 7.92. The number of benzene rings is 2. The average molecular weight is 488 g/mol. The molecule has 0 atom stereocenters. The van der Waals surface area contributed by atoms with Gasteiger partial charge < -0.3 is 5.32 Å². The molecule has 1 aliphatic heterocycles. The van der Waals surface area contributed by atoms with Crippen LogP contribution in [0.3, 0.4) is 0 Å². The van der Waals surface area contributed by atoms with E-state index in [9.17, 15) is 13.2 Å². The van der Waals surface area contributed by atoms with Crippen LogP contribution in [0.25, 0.3) is 5.82 Å². The summed E-state index contributed by atoms with van der Waals surface area (Å²) in [4.78, 5) is 21.6. The number of imidazole rings is 1. The normalized spacial score (nSPS) is 13.3. The number of aryl methyl sites for hydroxylation is 2.